The van der Waals surface area contributed by atoms with Gasteiger partial charge in [-0.1, -0.05) is 52.8 Å². The van der Waals surface area contributed by atoms with Gasteiger partial charge in [0.15, 0.2) is 0 Å². The average molecular weight is 371 g/mol. The van der Waals surface area contributed by atoms with E-state index in [-0.39, 0.29) is 17.4 Å². The third kappa shape index (κ3) is 3.05. The molecular weight excluding hydrogens is 356 g/mol. The van der Waals surface area contributed by atoms with Crippen molar-refractivity contribution in [1.29, 1.82) is 0 Å². The molecule has 3 rings (SSSR count). The Hall–Kier alpha value is -2.40. The Morgan fingerprint density at radius 3 is 2.65 bits per heavy atom. The summed E-state index contributed by atoms with van der Waals surface area (Å²) in [6.07, 6.45) is 1.72. The number of halogens is 1. The minimum absolute atomic E-state index is 0.162. The first-order chi connectivity index (χ1) is 11.1. The highest BCUT2D eigenvalue weighted by molar-refractivity contribution is 9.10. The van der Waals surface area contributed by atoms with Crippen LogP contribution in [0.15, 0.2) is 59.6 Å². The highest BCUT2D eigenvalue weighted by Gasteiger charge is 2.25. The van der Waals surface area contributed by atoms with Crippen molar-refractivity contribution >= 4 is 32.9 Å². The number of aromatic amines is 1. The van der Waals surface area contributed by atoms with Crippen molar-refractivity contribution in [3.05, 3.63) is 86.5 Å². The Morgan fingerprint density at radius 2 is 2.00 bits per heavy atom. The Bertz CT molecular complexity index is 871. The van der Waals surface area contributed by atoms with Crippen LogP contribution in [0, 0.1) is 10.1 Å². The summed E-state index contributed by atoms with van der Waals surface area (Å²) in [6.45, 7) is 3.69. The lowest BCUT2D eigenvalue weighted by Gasteiger charge is -2.14. The third-order valence-corrected chi connectivity index (χ3v) is 4.41. The van der Waals surface area contributed by atoms with Crippen LogP contribution in [0.3, 0.4) is 0 Å². The lowest BCUT2D eigenvalue weighted by atomic mass is 9.89. The number of fused-ring (bicyclic) bond motifs is 1. The van der Waals surface area contributed by atoms with Crippen molar-refractivity contribution in [3.8, 4) is 0 Å². The molecule has 0 aliphatic rings. The van der Waals surface area contributed by atoms with E-state index in [0.29, 0.717) is 0 Å². The van der Waals surface area contributed by atoms with Gasteiger partial charge in [-0.2, -0.15) is 0 Å². The summed E-state index contributed by atoms with van der Waals surface area (Å²) in [7, 11) is 0. The number of benzene rings is 2. The predicted octanol–water partition coefficient (Wildman–Crippen LogP) is 4.98. The van der Waals surface area contributed by atoms with E-state index in [0.717, 1.165) is 32.2 Å². The van der Waals surface area contributed by atoms with Gasteiger partial charge in [0.1, 0.15) is 0 Å². The van der Waals surface area contributed by atoms with E-state index in [1.165, 1.54) is 0 Å². The van der Waals surface area contributed by atoms with Crippen molar-refractivity contribution in [2.24, 2.45) is 0 Å². The second-order valence-electron chi connectivity index (χ2n) is 5.32. The molecule has 1 heterocycles. The van der Waals surface area contributed by atoms with Gasteiger partial charge in [0.25, 0.3) is 0 Å². The van der Waals surface area contributed by atoms with Crippen LogP contribution in [0.1, 0.15) is 22.7 Å². The average Bonchev–Trinajstić information content (AvgIpc) is 2.91. The fraction of sp³-hybridized carbons (Fsp3) is 0.111. The third-order valence-electron chi connectivity index (χ3n) is 3.92. The first-order valence-corrected chi connectivity index (χ1v) is 7.99. The van der Waals surface area contributed by atoms with Crippen LogP contribution in [-0.4, -0.2) is 16.5 Å². The van der Waals surface area contributed by atoms with Crippen LogP contribution < -0.4 is 0 Å². The van der Waals surface area contributed by atoms with Gasteiger partial charge in [-0.3, -0.25) is 10.1 Å². The van der Waals surface area contributed by atoms with E-state index in [1.54, 1.807) is 6.08 Å². The first-order valence-electron chi connectivity index (χ1n) is 7.20. The highest BCUT2D eigenvalue weighted by atomic mass is 79.9. The molecule has 0 saturated carbocycles. The van der Waals surface area contributed by atoms with Gasteiger partial charge in [0.2, 0.25) is 6.54 Å². The molecule has 0 amide bonds. The van der Waals surface area contributed by atoms with Gasteiger partial charge in [-0.15, -0.1) is 0 Å². The number of hydrogen-bond acceptors (Lipinski definition) is 2. The van der Waals surface area contributed by atoms with E-state index < -0.39 is 0 Å². The molecule has 4 nitrogen and oxygen atoms in total. The molecule has 0 radical (unpaired) electrons. The number of nitrogens with one attached hydrogen (secondary N) is 1. The molecule has 2 aromatic carbocycles. The Morgan fingerprint density at radius 1 is 1.26 bits per heavy atom. The second kappa shape index (κ2) is 6.38. The maximum Gasteiger partial charge on any atom is 0.214 e. The molecule has 0 aliphatic heterocycles. The molecule has 23 heavy (non-hydrogen) atoms. The van der Waals surface area contributed by atoms with Crippen LogP contribution in [0.5, 0.6) is 0 Å². The minimum Gasteiger partial charge on any atom is -0.355 e. The SMILES string of the molecule is C=Cc1[nH]c2ccc(Br)cc2c1C(C[N+](=O)[O-])c1ccccc1. The predicted molar refractivity (Wildman–Crippen MR) is 96.2 cm³/mol. The Labute approximate surface area is 142 Å². The van der Waals surface area contributed by atoms with Crippen molar-refractivity contribution in [2.45, 2.75) is 5.92 Å². The van der Waals surface area contributed by atoms with Crippen molar-refractivity contribution in [1.82, 2.24) is 4.98 Å². The highest BCUT2D eigenvalue weighted by Crippen LogP contribution is 2.35. The maximum atomic E-state index is 11.2. The number of H-pyrrole nitrogens is 1. The lowest BCUT2D eigenvalue weighted by Crippen LogP contribution is -2.14. The van der Waals surface area contributed by atoms with Crippen LogP contribution in [0.2, 0.25) is 0 Å². The summed E-state index contributed by atoms with van der Waals surface area (Å²) in [4.78, 5) is 14.3. The number of nitro groups is 1. The van der Waals surface area contributed by atoms with Gasteiger partial charge in [0.05, 0.1) is 5.92 Å². The fourth-order valence-corrected chi connectivity index (χ4v) is 3.30. The molecule has 1 aromatic heterocycles. The molecule has 1 atom stereocenters. The number of hydrogen-bond donors (Lipinski definition) is 1. The topological polar surface area (TPSA) is 58.9 Å². The van der Waals surface area contributed by atoms with Gasteiger partial charge < -0.3 is 4.98 Å². The monoisotopic (exact) mass is 370 g/mol. The number of aromatic nitrogens is 1. The second-order valence-corrected chi connectivity index (χ2v) is 6.24. The summed E-state index contributed by atoms with van der Waals surface area (Å²) in [5, 5.41) is 12.2. The molecule has 0 aliphatic carbocycles. The van der Waals surface area contributed by atoms with Crippen LogP contribution in [-0.2, 0) is 0 Å². The van der Waals surface area contributed by atoms with E-state index >= 15 is 0 Å². The van der Waals surface area contributed by atoms with E-state index in [9.17, 15) is 10.1 Å². The van der Waals surface area contributed by atoms with E-state index in [4.69, 9.17) is 0 Å². The van der Waals surface area contributed by atoms with Gasteiger partial charge in [-0.05, 0) is 35.4 Å². The van der Waals surface area contributed by atoms with Crippen LogP contribution >= 0.6 is 15.9 Å². The molecule has 3 aromatic rings. The number of rotatable bonds is 5. The van der Waals surface area contributed by atoms with Crippen molar-refractivity contribution < 1.29 is 4.92 Å². The van der Waals surface area contributed by atoms with Gasteiger partial charge in [-0.25, -0.2) is 0 Å². The molecule has 1 unspecified atom stereocenters. The maximum absolute atomic E-state index is 11.2. The molecule has 0 bridgehead atoms. The zero-order valence-corrected chi connectivity index (χ0v) is 13.9. The fourth-order valence-electron chi connectivity index (χ4n) is 2.94. The standard InChI is InChI=1S/C18H15BrN2O2/c1-2-16-18(14-10-13(19)8-9-17(14)20-16)15(11-21(22)23)12-6-4-3-5-7-12/h2-10,15,20H,1,11H2. The summed E-state index contributed by atoms with van der Waals surface area (Å²) in [5.74, 6) is -0.331. The van der Waals surface area contributed by atoms with Gasteiger partial charge in [0, 0.05) is 26.0 Å². The Balaban J connectivity index is 2.26. The molecule has 5 heteroatoms. The molecule has 116 valence electrons. The zero-order valence-electron chi connectivity index (χ0n) is 12.3. The van der Waals surface area contributed by atoms with E-state index in [1.807, 2.05) is 48.5 Å². The molecular formula is C18H15BrN2O2. The van der Waals surface area contributed by atoms with Crippen molar-refractivity contribution in [2.75, 3.05) is 6.54 Å². The van der Waals surface area contributed by atoms with Crippen molar-refractivity contribution in [3.63, 3.8) is 0 Å². The summed E-state index contributed by atoms with van der Waals surface area (Å²) >= 11 is 3.48. The molecule has 0 fully saturated rings. The zero-order chi connectivity index (χ0) is 16.4. The quantitative estimate of drug-likeness (QED) is 0.508. The summed E-state index contributed by atoms with van der Waals surface area (Å²) < 4.78 is 0.939. The van der Waals surface area contributed by atoms with Crippen LogP contribution in [0.25, 0.3) is 17.0 Å². The molecule has 0 saturated heterocycles. The first kappa shape index (κ1) is 15.5. The van der Waals surface area contributed by atoms with E-state index in [2.05, 4.69) is 27.5 Å². The smallest absolute Gasteiger partial charge is 0.214 e. The molecule has 0 spiro atoms. The lowest BCUT2D eigenvalue weighted by molar-refractivity contribution is -0.481. The normalized spacial score (nSPS) is 12.2. The largest absolute Gasteiger partial charge is 0.355 e. The number of nitrogens with zero attached hydrogens (tertiary/aromatic N) is 1. The summed E-state index contributed by atoms with van der Waals surface area (Å²) in [5.41, 5.74) is 3.61. The Kier molecular flexibility index (Phi) is 4.30. The molecule has 1 N–H and O–H groups in total. The summed E-state index contributed by atoms with van der Waals surface area (Å²) in [6, 6.07) is 15.5. The van der Waals surface area contributed by atoms with Crippen LogP contribution in [0.4, 0.5) is 0 Å². The van der Waals surface area contributed by atoms with Gasteiger partial charge >= 0.3 is 0 Å². The minimum atomic E-state index is -0.331.